The van der Waals surface area contributed by atoms with Gasteiger partial charge in [-0.2, -0.15) is 0 Å². The molecular formula is C21H21NO3S. The number of thiophene rings is 1. The van der Waals surface area contributed by atoms with E-state index in [2.05, 4.69) is 11.4 Å². The molecule has 0 bridgehead atoms. The second-order valence-corrected chi connectivity index (χ2v) is 7.00. The minimum Gasteiger partial charge on any atom is -0.493 e. The topological polar surface area (TPSA) is 47.6 Å². The van der Waals surface area contributed by atoms with Crippen molar-refractivity contribution in [3.8, 4) is 11.5 Å². The Morgan fingerprint density at radius 3 is 2.42 bits per heavy atom. The Balaban J connectivity index is 1.64. The molecule has 134 valence electrons. The molecule has 3 rings (SSSR count). The molecule has 0 fully saturated rings. The number of anilines is 1. The van der Waals surface area contributed by atoms with Crippen LogP contribution in [0.5, 0.6) is 11.5 Å². The number of ether oxygens (including phenoxy) is 2. The van der Waals surface area contributed by atoms with Crippen LogP contribution in [0.3, 0.4) is 0 Å². The van der Waals surface area contributed by atoms with Crippen LogP contribution in [0.15, 0.2) is 53.9 Å². The summed E-state index contributed by atoms with van der Waals surface area (Å²) in [6.07, 6.45) is 0. The number of carbonyl (C=O) groups is 1. The normalized spacial score (nSPS) is 10.4. The summed E-state index contributed by atoms with van der Waals surface area (Å²) >= 11 is 1.41. The molecule has 26 heavy (non-hydrogen) atoms. The van der Waals surface area contributed by atoms with Crippen molar-refractivity contribution in [2.24, 2.45) is 0 Å². The Hall–Kier alpha value is -2.79. The predicted octanol–water partition coefficient (Wildman–Crippen LogP) is 5.20. The zero-order chi connectivity index (χ0) is 18.5. The Labute approximate surface area is 157 Å². The maximum Gasteiger partial charge on any atom is 0.265 e. The molecule has 4 nitrogen and oxygen atoms in total. The van der Waals surface area contributed by atoms with Gasteiger partial charge in [0, 0.05) is 11.3 Å². The SMILES string of the molecule is COc1ccccc1OCc1csc(C(=O)Nc2cc(C)cc(C)c2)c1. The Bertz CT molecular complexity index is 897. The molecule has 1 heterocycles. The highest BCUT2D eigenvalue weighted by Crippen LogP contribution is 2.27. The molecule has 0 spiro atoms. The van der Waals surface area contributed by atoms with Gasteiger partial charge in [-0.15, -0.1) is 11.3 Å². The number of rotatable bonds is 6. The molecule has 0 aliphatic carbocycles. The van der Waals surface area contributed by atoms with Crippen molar-refractivity contribution in [3.05, 3.63) is 75.5 Å². The molecule has 3 aromatic rings. The summed E-state index contributed by atoms with van der Waals surface area (Å²) in [6, 6.07) is 15.4. The highest BCUT2D eigenvalue weighted by atomic mass is 32.1. The first kappa shape index (κ1) is 18.0. The van der Waals surface area contributed by atoms with E-state index in [0.717, 1.165) is 22.4 Å². The Kier molecular flexibility index (Phi) is 5.58. The molecule has 0 radical (unpaired) electrons. The number of amides is 1. The van der Waals surface area contributed by atoms with E-state index in [0.29, 0.717) is 23.0 Å². The average Bonchev–Trinajstić information content (AvgIpc) is 3.08. The maximum atomic E-state index is 12.5. The quantitative estimate of drug-likeness (QED) is 0.651. The first-order valence-corrected chi connectivity index (χ1v) is 9.16. The van der Waals surface area contributed by atoms with Gasteiger partial charge >= 0.3 is 0 Å². The van der Waals surface area contributed by atoms with Crippen LogP contribution in [0.2, 0.25) is 0 Å². The Morgan fingerprint density at radius 2 is 1.73 bits per heavy atom. The molecule has 0 atom stereocenters. The van der Waals surface area contributed by atoms with Gasteiger partial charge in [0.25, 0.3) is 5.91 Å². The van der Waals surface area contributed by atoms with E-state index in [9.17, 15) is 4.79 Å². The number of methoxy groups -OCH3 is 1. The van der Waals surface area contributed by atoms with Crippen molar-refractivity contribution in [2.45, 2.75) is 20.5 Å². The van der Waals surface area contributed by atoms with Gasteiger partial charge in [0.15, 0.2) is 11.5 Å². The zero-order valence-electron chi connectivity index (χ0n) is 15.0. The molecule has 1 amide bonds. The molecule has 1 aromatic heterocycles. The molecule has 2 aromatic carbocycles. The first-order valence-electron chi connectivity index (χ1n) is 8.28. The molecule has 0 unspecified atom stereocenters. The van der Waals surface area contributed by atoms with Gasteiger partial charge in [-0.1, -0.05) is 18.2 Å². The van der Waals surface area contributed by atoms with Gasteiger partial charge in [-0.3, -0.25) is 4.79 Å². The maximum absolute atomic E-state index is 12.5. The van der Waals surface area contributed by atoms with E-state index in [1.165, 1.54) is 11.3 Å². The summed E-state index contributed by atoms with van der Waals surface area (Å²) < 4.78 is 11.1. The second kappa shape index (κ2) is 8.06. The van der Waals surface area contributed by atoms with Crippen LogP contribution in [0, 0.1) is 13.8 Å². The molecule has 0 aliphatic rings. The Morgan fingerprint density at radius 1 is 1.04 bits per heavy atom. The number of para-hydroxylation sites is 2. The van der Waals surface area contributed by atoms with E-state index in [-0.39, 0.29) is 5.91 Å². The van der Waals surface area contributed by atoms with E-state index in [1.54, 1.807) is 7.11 Å². The fourth-order valence-corrected chi connectivity index (χ4v) is 3.50. The van der Waals surface area contributed by atoms with Crippen LogP contribution in [-0.4, -0.2) is 13.0 Å². The molecule has 0 saturated carbocycles. The van der Waals surface area contributed by atoms with Crippen molar-refractivity contribution in [3.63, 3.8) is 0 Å². The molecule has 1 N–H and O–H groups in total. The number of aryl methyl sites for hydroxylation is 2. The molecular weight excluding hydrogens is 346 g/mol. The van der Waals surface area contributed by atoms with Crippen LogP contribution >= 0.6 is 11.3 Å². The fourth-order valence-electron chi connectivity index (χ4n) is 2.71. The predicted molar refractivity (Wildman–Crippen MR) is 106 cm³/mol. The lowest BCUT2D eigenvalue weighted by Crippen LogP contribution is -2.10. The van der Waals surface area contributed by atoms with E-state index < -0.39 is 0 Å². The highest BCUT2D eigenvalue weighted by molar-refractivity contribution is 7.12. The minimum atomic E-state index is -0.108. The third-order valence-corrected chi connectivity index (χ3v) is 4.80. The van der Waals surface area contributed by atoms with Gasteiger partial charge < -0.3 is 14.8 Å². The van der Waals surface area contributed by atoms with E-state index in [1.807, 2.05) is 61.7 Å². The first-order chi connectivity index (χ1) is 12.5. The number of hydrogen-bond donors (Lipinski definition) is 1. The van der Waals surface area contributed by atoms with Crippen LogP contribution in [0.25, 0.3) is 0 Å². The second-order valence-electron chi connectivity index (χ2n) is 6.09. The van der Waals surface area contributed by atoms with Gasteiger partial charge in [0.05, 0.1) is 12.0 Å². The summed E-state index contributed by atoms with van der Waals surface area (Å²) in [5.41, 5.74) is 4.01. The van der Waals surface area contributed by atoms with Crippen molar-refractivity contribution >= 4 is 22.9 Å². The highest BCUT2D eigenvalue weighted by Gasteiger charge is 2.11. The van der Waals surface area contributed by atoms with Gasteiger partial charge in [-0.05, 0) is 60.7 Å². The summed E-state index contributed by atoms with van der Waals surface area (Å²) in [6.45, 7) is 4.41. The lowest BCUT2D eigenvalue weighted by atomic mass is 10.1. The van der Waals surface area contributed by atoms with E-state index >= 15 is 0 Å². The smallest absolute Gasteiger partial charge is 0.265 e. The lowest BCUT2D eigenvalue weighted by Gasteiger charge is -2.09. The average molecular weight is 367 g/mol. The molecule has 5 heteroatoms. The monoisotopic (exact) mass is 367 g/mol. The van der Waals surface area contributed by atoms with Crippen LogP contribution in [0.4, 0.5) is 5.69 Å². The number of nitrogens with one attached hydrogen (secondary N) is 1. The van der Waals surface area contributed by atoms with Gasteiger partial charge in [0.1, 0.15) is 6.61 Å². The summed E-state index contributed by atoms with van der Waals surface area (Å²) in [7, 11) is 1.61. The largest absolute Gasteiger partial charge is 0.493 e. The van der Waals surface area contributed by atoms with Crippen molar-refractivity contribution in [2.75, 3.05) is 12.4 Å². The number of benzene rings is 2. The number of carbonyl (C=O) groups excluding carboxylic acids is 1. The van der Waals surface area contributed by atoms with Crippen molar-refractivity contribution < 1.29 is 14.3 Å². The van der Waals surface area contributed by atoms with Gasteiger partial charge in [-0.25, -0.2) is 0 Å². The number of hydrogen-bond acceptors (Lipinski definition) is 4. The summed E-state index contributed by atoms with van der Waals surface area (Å²) in [4.78, 5) is 13.1. The van der Waals surface area contributed by atoms with Gasteiger partial charge in [0.2, 0.25) is 0 Å². The minimum absolute atomic E-state index is 0.108. The molecule has 0 aliphatic heterocycles. The third kappa shape index (κ3) is 4.43. The summed E-state index contributed by atoms with van der Waals surface area (Å²) in [5, 5.41) is 4.89. The molecule has 0 saturated heterocycles. The third-order valence-electron chi connectivity index (χ3n) is 3.82. The fraction of sp³-hybridized carbons (Fsp3) is 0.190. The van der Waals surface area contributed by atoms with E-state index in [4.69, 9.17) is 9.47 Å². The lowest BCUT2D eigenvalue weighted by molar-refractivity contribution is 0.103. The van der Waals surface area contributed by atoms with Crippen LogP contribution < -0.4 is 14.8 Å². The zero-order valence-corrected chi connectivity index (χ0v) is 15.9. The van der Waals surface area contributed by atoms with Crippen LogP contribution in [-0.2, 0) is 6.61 Å². The van der Waals surface area contributed by atoms with Crippen molar-refractivity contribution in [1.82, 2.24) is 0 Å². The summed E-state index contributed by atoms with van der Waals surface area (Å²) in [5.74, 6) is 1.27. The standard InChI is InChI=1S/C21H21NO3S/c1-14-8-15(2)10-17(9-14)22-21(23)20-11-16(13-26-20)12-25-19-7-5-4-6-18(19)24-3/h4-11,13H,12H2,1-3H3,(H,22,23). The van der Waals surface area contributed by atoms with Crippen molar-refractivity contribution in [1.29, 1.82) is 0 Å². The van der Waals surface area contributed by atoms with Crippen LogP contribution in [0.1, 0.15) is 26.4 Å².